The molecule has 114 valence electrons. The van der Waals surface area contributed by atoms with E-state index in [9.17, 15) is 9.59 Å². The normalized spacial score (nSPS) is 18.4. The first-order valence-electron chi connectivity index (χ1n) is 6.56. The zero-order valence-electron chi connectivity index (χ0n) is 11.2. The van der Waals surface area contributed by atoms with Crippen LogP contribution >= 0.6 is 23.2 Å². The number of carboxylic acid groups (broad SMARTS) is 1. The van der Waals surface area contributed by atoms with Gasteiger partial charge in [0.2, 0.25) is 0 Å². The molecule has 21 heavy (non-hydrogen) atoms. The van der Waals surface area contributed by atoms with Crippen molar-refractivity contribution in [2.24, 2.45) is 5.92 Å². The predicted molar refractivity (Wildman–Crippen MR) is 78.9 cm³/mol. The smallest absolute Gasteiger partial charge is 0.308 e. The molecule has 1 fully saturated rings. The average molecular weight is 332 g/mol. The van der Waals surface area contributed by atoms with Gasteiger partial charge in [0.1, 0.15) is 5.75 Å². The van der Waals surface area contributed by atoms with Crippen LogP contribution in [0, 0.1) is 5.92 Å². The van der Waals surface area contributed by atoms with E-state index < -0.39 is 11.9 Å². The molecule has 1 heterocycles. The molecule has 0 aliphatic carbocycles. The van der Waals surface area contributed by atoms with Crippen LogP contribution in [0.3, 0.4) is 0 Å². The Bertz CT molecular complexity index is 550. The van der Waals surface area contributed by atoms with Gasteiger partial charge in [-0.2, -0.15) is 0 Å². The SMILES string of the molecule is O=C(O)[C@H]1CCCN(C(=O)COc2ccc(Cl)cc2Cl)C1. The van der Waals surface area contributed by atoms with Gasteiger partial charge in [-0.05, 0) is 31.0 Å². The molecule has 1 saturated heterocycles. The lowest BCUT2D eigenvalue weighted by molar-refractivity contribution is -0.146. The van der Waals surface area contributed by atoms with Gasteiger partial charge in [-0.15, -0.1) is 0 Å². The second-order valence-corrected chi connectivity index (χ2v) is 5.72. The first-order chi connectivity index (χ1) is 9.97. The number of carbonyl (C=O) groups excluding carboxylic acids is 1. The maximum absolute atomic E-state index is 12.1. The van der Waals surface area contributed by atoms with Gasteiger partial charge in [-0.3, -0.25) is 9.59 Å². The fourth-order valence-corrected chi connectivity index (χ4v) is 2.69. The van der Waals surface area contributed by atoms with E-state index >= 15 is 0 Å². The second-order valence-electron chi connectivity index (χ2n) is 4.88. The maximum atomic E-state index is 12.1. The number of hydrogen-bond donors (Lipinski definition) is 1. The van der Waals surface area contributed by atoms with E-state index in [1.54, 1.807) is 12.1 Å². The van der Waals surface area contributed by atoms with Crippen molar-refractivity contribution in [3.8, 4) is 5.75 Å². The summed E-state index contributed by atoms with van der Waals surface area (Å²) in [6.07, 6.45) is 1.29. The predicted octanol–water partition coefficient (Wildman–Crippen LogP) is 2.70. The van der Waals surface area contributed by atoms with Crippen LogP contribution in [0.15, 0.2) is 18.2 Å². The molecular formula is C14H15Cl2NO4. The summed E-state index contributed by atoms with van der Waals surface area (Å²) in [5.41, 5.74) is 0. The number of piperidine rings is 1. The van der Waals surface area contributed by atoms with Crippen molar-refractivity contribution in [2.45, 2.75) is 12.8 Å². The molecule has 1 aliphatic rings. The Hall–Kier alpha value is -1.46. The Morgan fingerprint density at radius 1 is 1.38 bits per heavy atom. The molecule has 1 amide bonds. The van der Waals surface area contributed by atoms with Crippen molar-refractivity contribution >= 4 is 35.1 Å². The Kier molecular flexibility index (Phi) is 5.31. The third-order valence-electron chi connectivity index (χ3n) is 3.37. The Balaban J connectivity index is 1.90. The first-order valence-corrected chi connectivity index (χ1v) is 7.31. The number of ether oxygens (including phenoxy) is 1. The molecular weight excluding hydrogens is 317 g/mol. The number of likely N-dealkylation sites (tertiary alicyclic amines) is 1. The maximum Gasteiger partial charge on any atom is 0.308 e. The number of nitrogens with zero attached hydrogens (tertiary/aromatic N) is 1. The molecule has 1 aromatic rings. The van der Waals surface area contributed by atoms with Gasteiger partial charge in [0.25, 0.3) is 5.91 Å². The topological polar surface area (TPSA) is 66.8 Å². The number of amides is 1. The molecule has 7 heteroatoms. The minimum atomic E-state index is -0.867. The highest BCUT2D eigenvalue weighted by Gasteiger charge is 2.28. The lowest BCUT2D eigenvalue weighted by Crippen LogP contribution is -2.44. The van der Waals surface area contributed by atoms with Crippen LogP contribution in [0.4, 0.5) is 0 Å². The van der Waals surface area contributed by atoms with Crippen molar-refractivity contribution in [1.29, 1.82) is 0 Å². The number of rotatable bonds is 4. The van der Waals surface area contributed by atoms with Crippen molar-refractivity contribution in [3.63, 3.8) is 0 Å². The molecule has 0 aromatic heterocycles. The third kappa shape index (κ3) is 4.25. The Morgan fingerprint density at radius 3 is 2.81 bits per heavy atom. The zero-order chi connectivity index (χ0) is 15.4. The van der Waals surface area contributed by atoms with Crippen LogP contribution in [-0.4, -0.2) is 41.6 Å². The van der Waals surface area contributed by atoms with E-state index in [0.717, 1.165) is 0 Å². The largest absolute Gasteiger partial charge is 0.482 e. The standard InChI is InChI=1S/C14H15Cl2NO4/c15-10-3-4-12(11(16)6-10)21-8-13(18)17-5-1-2-9(7-17)14(19)20/h3-4,6,9H,1-2,5,7-8H2,(H,19,20)/t9-/m0/s1. The van der Waals surface area contributed by atoms with Gasteiger partial charge < -0.3 is 14.7 Å². The number of halogens is 2. The summed E-state index contributed by atoms with van der Waals surface area (Å²) < 4.78 is 5.37. The summed E-state index contributed by atoms with van der Waals surface area (Å²) in [6.45, 7) is 0.611. The monoisotopic (exact) mass is 331 g/mol. The van der Waals surface area contributed by atoms with Crippen LogP contribution in [0.2, 0.25) is 10.0 Å². The minimum absolute atomic E-state index is 0.173. The summed E-state index contributed by atoms with van der Waals surface area (Å²) in [7, 11) is 0. The molecule has 5 nitrogen and oxygen atoms in total. The molecule has 2 rings (SSSR count). The molecule has 1 aliphatic heterocycles. The number of benzene rings is 1. The number of carboxylic acids is 1. The van der Waals surface area contributed by atoms with Crippen molar-refractivity contribution in [2.75, 3.05) is 19.7 Å². The van der Waals surface area contributed by atoms with Crippen molar-refractivity contribution < 1.29 is 19.4 Å². The molecule has 0 spiro atoms. The van der Waals surface area contributed by atoms with Crippen LogP contribution in [-0.2, 0) is 9.59 Å². The van der Waals surface area contributed by atoms with Gasteiger partial charge in [-0.1, -0.05) is 23.2 Å². The van der Waals surface area contributed by atoms with E-state index in [2.05, 4.69) is 0 Å². The van der Waals surface area contributed by atoms with Crippen LogP contribution in [0.5, 0.6) is 5.75 Å². The summed E-state index contributed by atoms with van der Waals surface area (Å²) in [6, 6.07) is 4.74. The second kappa shape index (κ2) is 7.00. The number of carbonyl (C=O) groups is 2. The third-order valence-corrected chi connectivity index (χ3v) is 3.90. The molecule has 1 aromatic carbocycles. The van der Waals surface area contributed by atoms with E-state index in [1.165, 1.54) is 11.0 Å². The van der Waals surface area contributed by atoms with Crippen molar-refractivity contribution in [3.05, 3.63) is 28.2 Å². The Morgan fingerprint density at radius 2 is 2.14 bits per heavy atom. The molecule has 1 atom stereocenters. The molecule has 1 N–H and O–H groups in total. The fourth-order valence-electron chi connectivity index (χ4n) is 2.23. The lowest BCUT2D eigenvalue weighted by atomic mass is 9.98. The summed E-state index contributed by atoms with van der Waals surface area (Å²) in [5.74, 6) is -1.23. The summed E-state index contributed by atoms with van der Waals surface area (Å²) in [5, 5.41) is 9.83. The van der Waals surface area contributed by atoms with Crippen LogP contribution < -0.4 is 4.74 Å². The van der Waals surface area contributed by atoms with Crippen LogP contribution in [0.25, 0.3) is 0 Å². The number of aliphatic carboxylic acids is 1. The van der Waals surface area contributed by atoms with Gasteiger partial charge in [-0.25, -0.2) is 0 Å². The number of hydrogen-bond acceptors (Lipinski definition) is 3. The zero-order valence-corrected chi connectivity index (χ0v) is 12.7. The van der Waals surface area contributed by atoms with Gasteiger partial charge in [0, 0.05) is 18.1 Å². The highest BCUT2D eigenvalue weighted by atomic mass is 35.5. The van der Waals surface area contributed by atoms with Gasteiger partial charge in [0.05, 0.1) is 10.9 Å². The van der Waals surface area contributed by atoms with E-state index in [-0.39, 0.29) is 19.1 Å². The summed E-state index contributed by atoms with van der Waals surface area (Å²) in [4.78, 5) is 24.6. The summed E-state index contributed by atoms with van der Waals surface area (Å²) >= 11 is 11.7. The van der Waals surface area contributed by atoms with Gasteiger partial charge in [0.15, 0.2) is 6.61 Å². The minimum Gasteiger partial charge on any atom is -0.482 e. The molecule has 0 unspecified atom stereocenters. The first kappa shape index (κ1) is 15.9. The van der Waals surface area contributed by atoms with E-state index in [0.29, 0.717) is 35.2 Å². The Labute approximate surface area is 132 Å². The molecule has 0 radical (unpaired) electrons. The molecule has 0 bridgehead atoms. The highest BCUT2D eigenvalue weighted by molar-refractivity contribution is 6.35. The average Bonchev–Trinajstić information content (AvgIpc) is 2.46. The van der Waals surface area contributed by atoms with E-state index in [4.69, 9.17) is 33.0 Å². The van der Waals surface area contributed by atoms with Gasteiger partial charge >= 0.3 is 5.97 Å². The quantitative estimate of drug-likeness (QED) is 0.921. The van der Waals surface area contributed by atoms with E-state index in [1.807, 2.05) is 0 Å². The highest BCUT2D eigenvalue weighted by Crippen LogP contribution is 2.27. The lowest BCUT2D eigenvalue weighted by Gasteiger charge is -2.30. The van der Waals surface area contributed by atoms with Crippen molar-refractivity contribution in [1.82, 2.24) is 4.90 Å². The fraction of sp³-hybridized carbons (Fsp3) is 0.429. The van der Waals surface area contributed by atoms with Crippen LogP contribution in [0.1, 0.15) is 12.8 Å². The molecule has 0 saturated carbocycles.